The second-order valence-electron chi connectivity index (χ2n) is 19.1. The molecule has 0 saturated carbocycles. The summed E-state index contributed by atoms with van der Waals surface area (Å²) < 4.78 is 32.9. The van der Waals surface area contributed by atoms with Crippen LogP contribution in [0.2, 0.25) is 0 Å². The number of likely N-dealkylation sites (tertiary alicyclic amines) is 2. The number of halogens is 3. The maximum atomic E-state index is 13.8. The van der Waals surface area contributed by atoms with Gasteiger partial charge in [0, 0.05) is 77.9 Å². The van der Waals surface area contributed by atoms with Crippen molar-refractivity contribution in [2.24, 2.45) is 11.8 Å². The predicted molar refractivity (Wildman–Crippen MR) is 253 cm³/mol. The number of fused-ring (bicyclic) bond motifs is 2. The molecule has 2 saturated heterocycles. The molecular weight excluding hydrogens is 878 g/mol. The number of rotatable bonds is 9. The predicted octanol–water partition coefficient (Wildman–Crippen LogP) is 6.23. The number of anilines is 2. The van der Waals surface area contributed by atoms with Gasteiger partial charge in [-0.1, -0.05) is 13.3 Å². The van der Waals surface area contributed by atoms with Crippen LogP contribution in [-0.4, -0.2) is 81.1 Å². The number of aromatic nitrogens is 2. The van der Waals surface area contributed by atoms with Crippen LogP contribution in [0.5, 0.6) is 0 Å². The molecule has 0 unspecified atom stereocenters. The third-order valence-electron chi connectivity index (χ3n) is 13.4. The molecule has 4 aromatic rings. The number of esters is 1. The fraction of sp³-hybridized carbons (Fsp3) is 0.442. The average Bonchev–Trinajstić information content (AvgIpc) is 3.93. The zero-order valence-corrected chi connectivity index (χ0v) is 40.5. The summed E-state index contributed by atoms with van der Waals surface area (Å²) in [5, 5.41) is 5.53. The number of nitrogens with one attached hydrogen (secondary N) is 4. The Morgan fingerprint density at radius 1 is 0.687 bits per heavy atom. The number of carbonyl (C=O) groups excluding carboxylic acids is 5. The summed E-state index contributed by atoms with van der Waals surface area (Å²) in [6.07, 6.45) is 9.35. The van der Waals surface area contributed by atoms with Gasteiger partial charge in [-0.3, -0.25) is 24.0 Å². The highest BCUT2D eigenvalue weighted by molar-refractivity contribution is 6.35. The third kappa shape index (κ3) is 11.8. The Kier molecular flexibility index (Phi) is 15.7. The van der Waals surface area contributed by atoms with Gasteiger partial charge in [0.25, 0.3) is 11.8 Å². The van der Waals surface area contributed by atoms with Crippen LogP contribution < -0.4 is 23.0 Å². The number of hydrogen-bond donors (Lipinski definition) is 4. The Hall–Kier alpha value is -6.02. The largest absolute Gasteiger partial charge is 1.00 e. The maximum absolute atomic E-state index is 13.8. The summed E-state index contributed by atoms with van der Waals surface area (Å²) in [5.74, 6) is -0.357. The van der Waals surface area contributed by atoms with Crippen molar-refractivity contribution < 1.29 is 49.9 Å². The van der Waals surface area contributed by atoms with Gasteiger partial charge in [0.15, 0.2) is 0 Å². The fourth-order valence-corrected chi connectivity index (χ4v) is 9.47. The van der Waals surface area contributed by atoms with Crippen molar-refractivity contribution in [3.05, 3.63) is 104 Å². The Morgan fingerprint density at radius 3 is 1.48 bits per heavy atom. The SMILES string of the molecule is CCC1CCN(C(=O)Cc2c(C)[nH]c(/C=C3\C(=O)Nc4ccc(F)cc43)c2C)CC1.Cc1[nH]c(/C=C2\C(=O)Nc3ccc(F)cc32)c(C)c1CC(=O)N1CCC(CC(=O)OC(C)(C)C)CC1.[Cl-]. The second kappa shape index (κ2) is 20.9. The number of aryl methyl sites for hydroxylation is 2. The number of hydrogen-bond acceptors (Lipinski definition) is 6. The first kappa shape index (κ1) is 50.4. The molecule has 8 rings (SSSR count). The molecule has 12 nitrogen and oxygen atoms in total. The van der Waals surface area contributed by atoms with Crippen LogP contribution in [0.15, 0.2) is 36.4 Å². The van der Waals surface area contributed by atoms with Crippen molar-refractivity contribution in [3.63, 3.8) is 0 Å². The van der Waals surface area contributed by atoms with Crippen LogP contribution in [0.1, 0.15) is 122 Å². The Morgan fingerprint density at radius 2 is 1.09 bits per heavy atom. The van der Waals surface area contributed by atoms with E-state index >= 15 is 0 Å². The molecule has 0 spiro atoms. The number of amides is 4. The first-order valence-corrected chi connectivity index (χ1v) is 23.1. The molecule has 4 amide bonds. The lowest BCUT2D eigenvalue weighted by Gasteiger charge is -2.32. The van der Waals surface area contributed by atoms with Gasteiger partial charge in [0.05, 0.1) is 24.0 Å². The van der Waals surface area contributed by atoms with Gasteiger partial charge in [-0.05, 0) is 157 Å². The van der Waals surface area contributed by atoms with E-state index in [1.807, 2.05) is 58.3 Å². The molecule has 67 heavy (non-hydrogen) atoms. The van der Waals surface area contributed by atoms with Crippen LogP contribution in [0, 0.1) is 51.2 Å². The van der Waals surface area contributed by atoms with Crippen molar-refractivity contribution >= 4 is 64.3 Å². The van der Waals surface area contributed by atoms with Crippen LogP contribution in [0.25, 0.3) is 23.3 Å². The second-order valence-corrected chi connectivity index (χ2v) is 19.1. The van der Waals surface area contributed by atoms with E-state index < -0.39 is 11.4 Å². The van der Waals surface area contributed by atoms with Crippen LogP contribution in [0.3, 0.4) is 0 Å². The molecule has 0 radical (unpaired) electrons. The number of nitrogens with zero attached hydrogens (tertiary/aromatic N) is 2. The third-order valence-corrected chi connectivity index (χ3v) is 13.4. The molecule has 358 valence electrons. The van der Waals surface area contributed by atoms with E-state index in [2.05, 4.69) is 27.5 Å². The average molecular weight is 941 g/mol. The van der Waals surface area contributed by atoms with Crippen LogP contribution >= 0.6 is 0 Å². The summed E-state index contributed by atoms with van der Waals surface area (Å²) in [6, 6.07) is 8.49. The normalized spacial score (nSPS) is 17.4. The molecule has 4 N–H and O–H groups in total. The lowest BCUT2D eigenvalue weighted by atomic mass is 9.93. The molecular formula is C52H62ClF2N6O6-. The fourth-order valence-electron chi connectivity index (χ4n) is 9.47. The van der Waals surface area contributed by atoms with Crippen molar-refractivity contribution in [3.8, 4) is 0 Å². The lowest BCUT2D eigenvalue weighted by Crippen LogP contribution is -3.00. The quantitative estimate of drug-likeness (QED) is 0.115. The molecule has 2 aromatic heterocycles. The summed E-state index contributed by atoms with van der Waals surface area (Å²) in [6.45, 7) is 18.4. The Bertz CT molecular complexity index is 2620. The van der Waals surface area contributed by atoms with Gasteiger partial charge in [-0.15, -0.1) is 0 Å². The molecule has 6 heterocycles. The zero-order chi connectivity index (χ0) is 47.6. The standard InChI is InChI=1S/C28H34FN3O4.C24H28FN3O2.ClH/c1-16-20(15-25(33)32-10-8-18(9-11-32)12-26(34)36-28(3,4)5)17(2)30-24(16)14-22-21-13-19(29)6-7-23(21)31-27(22)35;1-4-16-7-9-28(10-8-16)23(29)13-18-14(2)22(26-15(18)3)12-20-19-11-17(25)5-6-21(19)27-24(20)30;/h6-7,13-14,18,30H,8-12,15H2,1-5H3,(H,31,35);5-6,11-12,16,26H,4,7-10,13H2,1-3H3,(H,27,30);1H/p-1/b22-14-;20-12-;. The van der Waals surface area contributed by atoms with Crippen molar-refractivity contribution in [2.75, 3.05) is 36.8 Å². The molecule has 0 aliphatic carbocycles. The van der Waals surface area contributed by atoms with Gasteiger partial charge in [-0.2, -0.15) is 0 Å². The zero-order valence-electron chi connectivity index (χ0n) is 39.7. The van der Waals surface area contributed by atoms with E-state index in [4.69, 9.17) is 4.74 Å². The van der Waals surface area contributed by atoms with E-state index in [0.717, 1.165) is 89.7 Å². The topological polar surface area (TPSA) is 157 Å². The summed E-state index contributed by atoms with van der Waals surface area (Å²) in [7, 11) is 0. The van der Waals surface area contributed by atoms with Gasteiger partial charge >= 0.3 is 5.97 Å². The number of benzene rings is 2. The number of carbonyl (C=O) groups is 5. The molecule has 0 bridgehead atoms. The summed E-state index contributed by atoms with van der Waals surface area (Å²) in [4.78, 5) is 73.4. The molecule has 2 aromatic carbocycles. The van der Waals surface area contributed by atoms with Gasteiger partial charge in [0.2, 0.25) is 11.8 Å². The number of H-pyrrole nitrogens is 2. The monoisotopic (exact) mass is 939 g/mol. The molecule has 4 aliphatic heterocycles. The van der Waals surface area contributed by atoms with Gasteiger partial charge in [-0.25, -0.2) is 8.78 Å². The summed E-state index contributed by atoms with van der Waals surface area (Å²) in [5.41, 5.74) is 9.63. The number of ether oxygens (including phenoxy) is 1. The molecule has 0 atom stereocenters. The highest BCUT2D eigenvalue weighted by atomic mass is 35.5. The number of aromatic amines is 2. The molecule has 2 fully saturated rings. The van der Waals surface area contributed by atoms with Crippen molar-refractivity contribution in [2.45, 2.75) is 112 Å². The van der Waals surface area contributed by atoms with E-state index in [0.29, 0.717) is 59.6 Å². The minimum atomic E-state index is -0.490. The summed E-state index contributed by atoms with van der Waals surface area (Å²) >= 11 is 0. The first-order valence-electron chi connectivity index (χ1n) is 23.1. The molecule has 15 heteroatoms. The Balaban J connectivity index is 0.000000221. The minimum absolute atomic E-state index is 0. The van der Waals surface area contributed by atoms with Gasteiger partial charge < -0.3 is 47.5 Å². The van der Waals surface area contributed by atoms with Gasteiger partial charge in [0.1, 0.15) is 17.2 Å². The highest BCUT2D eigenvalue weighted by Gasteiger charge is 2.30. The molecule has 4 aliphatic rings. The van der Waals surface area contributed by atoms with Crippen LogP contribution in [-0.2, 0) is 41.6 Å². The van der Waals surface area contributed by atoms with Crippen LogP contribution in [0.4, 0.5) is 20.2 Å². The maximum Gasteiger partial charge on any atom is 0.306 e. The smallest absolute Gasteiger partial charge is 0.306 e. The van der Waals surface area contributed by atoms with Crippen molar-refractivity contribution in [1.82, 2.24) is 19.8 Å². The first-order chi connectivity index (χ1) is 31.3. The highest BCUT2D eigenvalue weighted by Crippen LogP contribution is 2.36. The van der Waals surface area contributed by atoms with E-state index in [9.17, 15) is 32.8 Å². The number of piperidine rings is 2. The minimum Gasteiger partial charge on any atom is -1.00 e. The van der Waals surface area contributed by atoms with E-state index in [1.54, 1.807) is 24.3 Å². The van der Waals surface area contributed by atoms with E-state index in [1.165, 1.54) is 30.7 Å². The Labute approximate surface area is 397 Å². The van der Waals surface area contributed by atoms with E-state index in [-0.39, 0.29) is 60.2 Å². The van der Waals surface area contributed by atoms with Crippen molar-refractivity contribution in [1.29, 1.82) is 0 Å². The lowest BCUT2D eigenvalue weighted by molar-refractivity contribution is -0.156.